The Hall–Kier alpha value is -1.85. The second-order valence-electron chi connectivity index (χ2n) is 7.57. The number of likely N-dealkylation sites (tertiary alicyclic amines) is 2. The first-order valence-corrected chi connectivity index (χ1v) is 9.53. The first-order chi connectivity index (χ1) is 12.0. The van der Waals surface area contributed by atoms with E-state index < -0.39 is 0 Å². The van der Waals surface area contributed by atoms with Crippen LogP contribution in [0.1, 0.15) is 62.9 Å². The Kier molecular flexibility index (Phi) is 5.45. The summed E-state index contributed by atoms with van der Waals surface area (Å²) in [5.74, 6) is 0.279. The molecule has 0 unspecified atom stereocenters. The Morgan fingerprint density at radius 3 is 2.64 bits per heavy atom. The third-order valence-corrected chi connectivity index (χ3v) is 5.58. The van der Waals surface area contributed by atoms with Gasteiger partial charge < -0.3 is 9.80 Å². The van der Waals surface area contributed by atoms with Crippen molar-refractivity contribution in [2.24, 2.45) is 0 Å². The number of rotatable bonds is 3. The molecule has 0 spiro atoms. The SMILES string of the molecule is CC(=O)N1CCCC[C@H]1CC(=O)N1CCC[C@@H](n2nc(C)cc2C)C1. The largest absolute Gasteiger partial charge is 0.340 e. The fourth-order valence-electron chi connectivity index (χ4n) is 4.35. The summed E-state index contributed by atoms with van der Waals surface area (Å²) in [6, 6.07) is 2.43. The van der Waals surface area contributed by atoms with E-state index in [2.05, 4.69) is 22.8 Å². The molecule has 3 rings (SSSR count). The standard InChI is InChI=1S/C19H30N4O2/c1-14-11-15(2)23(20-14)18-8-6-9-21(13-18)19(25)12-17-7-4-5-10-22(17)16(3)24/h11,17-18H,4-10,12-13H2,1-3H3/t17-,18+/m0/s1. The molecule has 3 heterocycles. The normalized spacial score (nSPS) is 24.4. The lowest BCUT2D eigenvalue weighted by molar-refractivity contribution is -0.138. The molecule has 1 aromatic rings. The van der Waals surface area contributed by atoms with E-state index in [0.29, 0.717) is 6.42 Å². The second-order valence-corrected chi connectivity index (χ2v) is 7.57. The van der Waals surface area contributed by atoms with Crippen LogP contribution in [0.2, 0.25) is 0 Å². The minimum atomic E-state index is 0.0767. The van der Waals surface area contributed by atoms with Crippen LogP contribution in [0.4, 0.5) is 0 Å². The number of hydrogen-bond donors (Lipinski definition) is 0. The number of carbonyl (C=O) groups excluding carboxylic acids is 2. The van der Waals surface area contributed by atoms with Crippen LogP contribution < -0.4 is 0 Å². The molecule has 2 saturated heterocycles. The van der Waals surface area contributed by atoms with E-state index in [0.717, 1.165) is 63.1 Å². The molecular formula is C19H30N4O2. The van der Waals surface area contributed by atoms with E-state index >= 15 is 0 Å². The van der Waals surface area contributed by atoms with Crippen LogP contribution in [0.5, 0.6) is 0 Å². The van der Waals surface area contributed by atoms with Crippen molar-refractivity contribution in [1.29, 1.82) is 0 Å². The molecule has 6 heteroatoms. The van der Waals surface area contributed by atoms with E-state index in [-0.39, 0.29) is 23.9 Å². The minimum absolute atomic E-state index is 0.0767. The van der Waals surface area contributed by atoms with Crippen LogP contribution in [-0.4, -0.2) is 57.1 Å². The lowest BCUT2D eigenvalue weighted by Crippen LogP contribution is -2.47. The van der Waals surface area contributed by atoms with Gasteiger partial charge in [-0.15, -0.1) is 0 Å². The molecule has 0 bridgehead atoms. The van der Waals surface area contributed by atoms with Crippen LogP contribution in [-0.2, 0) is 9.59 Å². The van der Waals surface area contributed by atoms with Crippen molar-refractivity contribution in [3.05, 3.63) is 17.5 Å². The van der Waals surface area contributed by atoms with Gasteiger partial charge in [-0.2, -0.15) is 5.10 Å². The monoisotopic (exact) mass is 346 g/mol. The number of hydrogen-bond acceptors (Lipinski definition) is 3. The number of carbonyl (C=O) groups is 2. The molecule has 0 N–H and O–H groups in total. The average Bonchev–Trinajstić information content (AvgIpc) is 2.93. The van der Waals surface area contributed by atoms with E-state index in [1.165, 1.54) is 0 Å². The van der Waals surface area contributed by atoms with E-state index in [9.17, 15) is 9.59 Å². The second kappa shape index (κ2) is 7.58. The third-order valence-electron chi connectivity index (χ3n) is 5.58. The predicted octanol–water partition coefficient (Wildman–Crippen LogP) is 2.45. The van der Waals surface area contributed by atoms with Gasteiger partial charge in [0.2, 0.25) is 11.8 Å². The van der Waals surface area contributed by atoms with Crippen LogP contribution in [0.25, 0.3) is 0 Å². The third kappa shape index (κ3) is 4.05. The smallest absolute Gasteiger partial charge is 0.224 e. The van der Waals surface area contributed by atoms with Gasteiger partial charge in [0.25, 0.3) is 0 Å². The number of aryl methyl sites for hydroxylation is 2. The van der Waals surface area contributed by atoms with Gasteiger partial charge in [0.1, 0.15) is 0 Å². The van der Waals surface area contributed by atoms with E-state index in [1.807, 2.05) is 16.7 Å². The molecule has 0 radical (unpaired) electrons. The van der Waals surface area contributed by atoms with Crippen molar-refractivity contribution >= 4 is 11.8 Å². The summed E-state index contributed by atoms with van der Waals surface area (Å²) in [7, 11) is 0. The summed E-state index contributed by atoms with van der Waals surface area (Å²) in [6.45, 7) is 8.04. The average molecular weight is 346 g/mol. The molecule has 0 aliphatic carbocycles. The molecule has 25 heavy (non-hydrogen) atoms. The summed E-state index contributed by atoms with van der Waals surface area (Å²) < 4.78 is 2.08. The van der Waals surface area contributed by atoms with Gasteiger partial charge in [-0.05, 0) is 52.0 Å². The van der Waals surface area contributed by atoms with Crippen LogP contribution in [0.15, 0.2) is 6.07 Å². The van der Waals surface area contributed by atoms with Crippen molar-refractivity contribution in [3.8, 4) is 0 Å². The van der Waals surface area contributed by atoms with Crippen molar-refractivity contribution < 1.29 is 9.59 Å². The van der Waals surface area contributed by atoms with Crippen molar-refractivity contribution in [3.63, 3.8) is 0 Å². The zero-order valence-electron chi connectivity index (χ0n) is 15.7. The van der Waals surface area contributed by atoms with Crippen molar-refractivity contribution in [1.82, 2.24) is 19.6 Å². The molecule has 0 aromatic carbocycles. The Morgan fingerprint density at radius 1 is 1.16 bits per heavy atom. The number of amides is 2. The molecule has 6 nitrogen and oxygen atoms in total. The molecule has 2 amide bonds. The summed E-state index contributed by atoms with van der Waals surface area (Å²) in [4.78, 5) is 28.6. The number of piperidine rings is 2. The van der Waals surface area contributed by atoms with Gasteiger partial charge in [-0.1, -0.05) is 0 Å². The number of aromatic nitrogens is 2. The highest BCUT2D eigenvalue weighted by atomic mass is 16.2. The summed E-state index contributed by atoms with van der Waals surface area (Å²) >= 11 is 0. The summed E-state index contributed by atoms with van der Waals surface area (Å²) in [5.41, 5.74) is 2.19. The van der Waals surface area contributed by atoms with Crippen molar-refractivity contribution in [2.75, 3.05) is 19.6 Å². The van der Waals surface area contributed by atoms with Crippen LogP contribution >= 0.6 is 0 Å². The highest BCUT2D eigenvalue weighted by Crippen LogP contribution is 2.25. The van der Waals surface area contributed by atoms with Gasteiger partial charge in [0.05, 0.1) is 11.7 Å². The molecule has 2 fully saturated rings. The van der Waals surface area contributed by atoms with Crippen LogP contribution in [0.3, 0.4) is 0 Å². The number of nitrogens with zero attached hydrogens (tertiary/aromatic N) is 4. The molecule has 138 valence electrons. The van der Waals surface area contributed by atoms with Crippen LogP contribution in [0, 0.1) is 13.8 Å². The lowest BCUT2D eigenvalue weighted by Gasteiger charge is -2.38. The maximum Gasteiger partial charge on any atom is 0.224 e. The quantitative estimate of drug-likeness (QED) is 0.845. The maximum absolute atomic E-state index is 12.9. The summed E-state index contributed by atoms with van der Waals surface area (Å²) in [5, 5.41) is 4.60. The van der Waals surface area contributed by atoms with Crippen molar-refractivity contribution in [2.45, 2.75) is 71.4 Å². The van der Waals surface area contributed by atoms with Gasteiger partial charge in [-0.25, -0.2) is 0 Å². The van der Waals surface area contributed by atoms with E-state index in [4.69, 9.17) is 0 Å². The molecule has 2 aliphatic heterocycles. The Balaban J connectivity index is 1.63. The van der Waals surface area contributed by atoms with Gasteiger partial charge >= 0.3 is 0 Å². The molecular weight excluding hydrogens is 316 g/mol. The topological polar surface area (TPSA) is 58.4 Å². The Labute approximate surface area is 150 Å². The lowest BCUT2D eigenvalue weighted by atomic mass is 9.97. The highest BCUT2D eigenvalue weighted by molar-refractivity contribution is 5.79. The molecule has 0 saturated carbocycles. The Morgan fingerprint density at radius 2 is 1.96 bits per heavy atom. The summed E-state index contributed by atoms with van der Waals surface area (Å²) in [6.07, 6.45) is 5.64. The van der Waals surface area contributed by atoms with E-state index in [1.54, 1.807) is 6.92 Å². The first-order valence-electron chi connectivity index (χ1n) is 9.53. The zero-order valence-corrected chi connectivity index (χ0v) is 15.7. The maximum atomic E-state index is 12.9. The van der Waals surface area contributed by atoms with Gasteiger partial charge in [0.15, 0.2) is 0 Å². The van der Waals surface area contributed by atoms with Gasteiger partial charge in [0, 0.05) is 44.7 Å². The Bertz CT molecular complexity index is 639. The highest BCUT2D eigenvalue weighted by Gasteiger charge is 2.31. The molecule has 2 atom stereocenters. The van der Waals surface area contributed by atoms with Gasteiger partial charge in [-0.3, -0.25) is 14.3 Å². The molecule has 1 aromatic heterocycles. The minimum Gasteiger partial charge on any atom is -0.340 e. The zero-order chi connectivity index (χ0) is 18.0. The first kappa shape index (κ1) is 18.0. The fourth-order valence-corrected chi connectivity index (χ4v) is 4.35. The fraction of sp³-hybridized carbons (Fsp3) is 0.737. The molecule has 2 aliphatic rings. The predicted molar refractivity (Wildman–Crippen MR) is 96.2 cm³/mol.